The standard InChI is InChI=1S/C24H18F3NO/c1-16-14-20-4-2-3-5-22(20)28-23(16)19-10-6-17(7-11-19)15-18-8-12-21(13-9-18)29-24(25,26)27/h2-14H,15H2,1H3. The first-order chi connectivity index (χ1) is 13.9. The Bertz CT molecular complexity index is 1130. The van der Waals surface area contributed by atoms with Crippen molar-refractivity contribution in [3.8, 4) is 17.0 Å². The van der Waals surface area contributed by atoms with Crippen molar-refractivity contribution in [2.24, 2.45) is 0 Å². The highest BCUT2D eigenvalue weighted by atomic mass is 19.4. The number of rotatable bonds is 4. The second-order valence-corrected chi connectivity index (χ2v) is 6.91. The highest BCUT2D eigenvalue weighted by Crippen LogP contribution is 2.27. The molecule has 1 heterocycles. The molecule has 2 nitrogen and oxygen atoms in total. The fourth-order valence-corrected chi connectivity index (χ4v) is 3.34. The van der Waals surface area contributed by atoms with Gasteiger partial charge in [-0.3, -0.25) is 0 Å². The van der Waals surface area contributed by atoms with E-state index in [1.165, 1.54) is 12.1 Å². The van der Waals surface area contributed by atoms with E-state index in [4.69, 9.17) is 4.98 Å². The van der Waals surface area contributed by atoms with Gasteiger partial charge < -0.3 is 4.74 Å². The first kappa shape index (κ1) is 19.0. The summed E-state index contributed by atoms with van der Waals surface area (Å²) >= 11 is 0. The van der Waals surface area contributed by atoms with E-state index in [-0.39, 0.29) is 5.75 Å². The monoisotopic (exact) mass is 393 g/mol. The van der Waals surface area contributed by atoms with Crippen molar-refractivity contribution < 1.29 is 17.9 Å². The van der Waals surface area contributed by atoms with E-state index in [1.807, 2.05) is 55.5 Å². The second kappa shape index (κ2) is 7.59. The maximum Gasteiger partial charge on any atom is 0.573 e. The Labute approximate surface area is 166 Å². The van der Waals surface area contributed by atoms with Gasteiger partial charge in [0, 0.05) is 10.9 Å². The van der Waals surface area contributed by atoms with E-state index in [9.17, 15) is 13.2 Å². The van der Waals surface area contributed by atoms with Crippen LogP contribution in [0.2, 0.25) is 0 Å². The van der Waals surface area contributed by atoms with Gasteiger partial charge in [-0.25, -0.2) is 4.98 Å². The minimum Gasteiger partial charge on any atom is -0.406 e. The molecule has 0 N–H and O–H groups in total. The van der Waals surface area contributed by atoms with Gasteiger partial charge in [0.1, 0.15) is 5.75 Å². The summed E-state index contributed by atoms with van der Waals surface area (Å²) in [6, 6.07) is 24.2. The highest BCUT2D eigenvalue weighted by Gasteiger charge is 2.30. The molecule has 4 aromatic rings. The van der Waals surface area contributed by atoms with Gasteiger partial charge in [-0.1, -0.05) is 54.6 Å². The molecule has 29 heavy (non-hydrogen) atoms. The van der Waals surface area contributed by atoms with Crippen LogP contribution >= 0.6 is 0 Å². The number of pyridine rings is 1. The molecule has 0 aliphatic rings. The van der Waals surface area contributed by atoms with Crippen LogP contribution in [0.4, 0.5) is 13.2 Å². The highest BCUT2D eigenvalue weighted by molar-refractivity contribution is 5.83. The molecule has 5 heteroatoms. The Morgan fingerprint density at radius 2 is 1.45 bits per heavy atom. The summed E-state index contributed by atoms with van der Waals surface area (Å²) in [5, 5.41) is 1.11. The third kappa shape index (κ3) is 4.57. The van der Waals surface area contributed by atoms with Gasteiger partial charge in [0.2, 0.25) is 0 Å². The lowest BCUT2D eigenvalue weighted by Crippen LogP contribution is -2.17. The van der Waals surface area contributed by atoms with Crippen molar-refractivity contribution >= 4 is 10.9 Å². The number of benzene rings is 3. The molecular weight excluding hydrogens is 375 g/mol. The van der Waals surface area contributed by atoms with Crippen LogP contribution in [0, 0.1) is 6.92 Å². The zero-order valence-electron chi connectivity index (χ0n) is 15.7. The van der Waals surface area contributed by atoms with Crippen molar-refractivity contribution in [3.63, 3.8) is 0 Å². The summed E-state index contributed by atoms with van der Waals surface area (Å²) < 4.78 is 40.7. The van der Waals surface area contributed by atoms with Crippen molar-refractivity contribution in [1.82, 2.24) is 4.98 Å². The molecule has 0 bridgehead atoms. The Morgan fingerprint density at radius 3 is 2.10 bits per heavy atom. The first-order valence-corrected chi connectivity index (χ1v) is 9.18. The Kier molecular flexibility index (Phi) is 4.97. The van der Waals surface area contributed by atoms with Gasteiger partial charge in [0.15, 0.2) is 0 Å². The van der Waals surface area contributed by atoms with Crippen LogP contribution in [-0.2, 0) is 6.42 Å². The zero-order chi connectivity index (χ0) is 20.4. The average Bonchev–Trinajstić information content (AvgIpc) is 2.69. The zero-order valence-corrected chi connectivity index (χ0v) is 15.7. The SMILES string of the molecule is Cc1cc2ccccc2nc1-c1ccc(Cc2ccc(OC(F)(F)F)cc2)cc1. The topological polar surface area (TPSA) is 22.1 Å². The van der Waals surface area contributed by atoms with Crippen LogP contribution in [-0.4, -0.2) is 11.3 Å². The molecule has 1 aromatic heterocycles. The normalized spacial score (nSPS) is 11.6. The number of aryl methyl sites for hydroxylation is 1. The lowest BCUT2D eigenvalue weighted by molar-refractivity contribution is -0.274. The first-order valence-electron chi connectivity index (χ1n) is 9.18. The van der Waals surface area contributed by atoms with Gasteiger partial charge in [0.05, 0.1) is 11.2 Å². The summed E-state index contributed by atoms with van der Waals surface area (Å²) in [5.41, 5.74) is 6.02. The summed E-state index contributed by atoms with van der Waals surface area (Å²) in [6.07, 6.45) is -4.05. The van der Waals surface area contributed by atoms with E-state index < -0.39 is 6.36 Å². The van der Waals surface area contributed by atoms with Gasteiger partial charge in [-0.2, -0.15) is 0 Å². The maximum absolute atomic E-state index is 12.3. The number of fused-ring (bicyclic) bond motifs is 1. The number of hydrogen-bond acceptors (Lipinski definition) is 2. The predicted octanol–water partition coefficient (Wildman–Crippen LogP) is 6.70. The number of alkyl halides is 3. The number of hydrogen-bond donors (Lipinski definition) is 0. The number of nitrogens with zero attached hydrogens (tertiary/aromatic N) is 1. The molecule has 3 aromatic carbocycles. The van der Waals surface area contributed by atoms with E-state index in [0.717, 1.165) is 38.9 Å². The molecule has 146 valence electrons. The molecule has 0 aliphatic heterocycles. The van der Waals surface area contributed by atoms with Crippen LogP contribution < -0.4 is 4.74 Å². The molecular formula is C24H18F3NO. The molecule has 0 aliphatic carbocycles. The molecule has 4 rings (SSSR count). The van der Waals surface area contributed by atoms with Crippen molar-refractivity contribution in [3.05, 3.63) is 95.6 Å². The van der Waals surface area contributed by atoms with Gasteiger partial charge in [0.25, 0.3) is 0 Å². The average molecular weight is 393 g/mol. The van der Waals surface area contributed by atoms with Crippen LogP contribution in [0.3, 0.4) is 0 Å². The van der Waals surface area contributed by atoms with Crippen LogP contribution in [0.15, 0.2) is 78.9 Å². The van der Waals surface area contributed by atoms with E-state index in [2.05, 4.69) is 10.8 Å². The fourth-order valence-electron chi connectivity index (χ4n) is 3.34. The third-order valence-corrected chi connectivity index (χ3v) is 4.71. The van der Waals surface area contributed by atoms with Crippen molar-refractivity contribution in [1.29, 1.82) is 0 Å². The molecule has 0 unspecified atom stereocenters. The quantitative estimate of drug-likeness (QED) is 0.385. The van der Waals surface area contributed by atoms with Gasteiger partial charge in [-0.15, -0.1) is 13.2 Å². The smallest absolute Gasteiger partial charge is 0.406 e. The van der Waals surface area contributed by atoms with E-state index >= 15 is 0 Å². The lowest BCUT2D eigenvalue weighted by atomic mass is 10.00. The minimum atomic E-state index is -4.67. The van der Waals surface area contributed by atoms with E-state index in [1.54, 1.807) is 12.1 Å². The predicted molar refractivity (Wildman–Crippen MR) is 108 cm³/mol. The van der Waals surface area contributed by atoms with Crippen molar-refractivity contribution in [2.75, 3.05) is 0 Å². The summed E-state index contributed by atoms with van der Waals surface area (Å²) in [6.45, 7) is 2.05. The maximum atomic E-state index is 12.3. The third-order valence-electron chi connectivity index (χ3n) is 4.71. The van der Waals surface area contributed by atoms with Crippen LogP contribution in [0.1, 0.15) is 16.7 Å². The summed E-state index contributed by atoms with van der Waals surface area (Å²) in [7, 11) is 0. The molecule has 0 saturated carbocycles. The minimum absolute atomic E-state index is 0.213. The molecule has 0 amide bonds. The molecule has 0 saturated heterocycles. The van der Waals surface area contributed by atoms with Crippen molar-refractivity contribution in [2.45, 2.75) is 19.7 Å². The number of halogens is 3. The Balaban J connectivity index is 1.52. The lowest BCUT2D eigenvalue weighted by Gasteiger charge is -2.10. The molecule has 0 spiro atoms. The van der Waals surface area contributed by atoms with Gasteiger partial charge in [-0.05, 0) is 54.3 Å². The number of aromatic nitrogens is 1. The summed E-state index contributed by atoms with van der Waals surface area (Å²) in [5.74, 6) is -0.213. The molecule has 0 fully saturated rings. The molecule has 0 radical (unpaired) electrons. The molecule has 0 atom stereocenters. The second-order valence-electron chi connectivity index (χ2n) is 6.91. The Hall–Kier alpha value is -3.34. The number of ether oxygens (including phenoxy) is 1. The van der Waals surface area contributed by atoms with Crippen LogP contribution in [0.5, 0.6) is 5.75 Å². The summed E-state index contributed by atoms with van der Waals surface area (Å²) in [4.78, 5) is 4.79. The van der Waals surface area contributed by atoms with Crippen LogP contribution in [0.25, 0.3) is 22.2 Å². The number of para-hydroxylation sites is 1. The fraction of sp³-hybridized carbons (Fsp3) is 0.125. The Morgan fingerprint density at radius 1 is 0.828 bits per heavy atom. The van der Waals surface area contributed by atoms with E-state index in [0.29, 0.717) is 6.42 Å². The van der Waals surface area contributed by atoms with Gasteiger partial charge >= 0.3 is 6.36 Å². The largest absolute Gasteiger partial charge is 0.573 e.